The molecule has 1 atom stereocenters. The fourth-order valence-electron chi connectivity index (χ4n) is 1.39. The van der Waals surface area contributed by atoms with Gasteiger partial charge in [0.05, 0.1) is 12.2 Å². The molecule has 2 heterocycles. The summed E-state index contributed by atoms with van der Waals surface area (Å²) >= 11 is 1.81. The number of rotatable bonds is 3. The standard InChI is InChI=1S/C11H15N3S/c1-2-9-8-15-11(14-9)13-7-10-5-3-4-6-12-10/h3-6,9H,2,7-8H2,1H3,(H,13,14). The van der Waals surface area contributed by atoms with Gasteiger partial charge in [0, 0.05) is 18.0 Å². The zero-order valence-electron chi connectivity index (χ0n) is 8.81. The van der Waals surface area contributed by atoms with Crippen molar-refractivity contribution in [2.45, 2.75) is 25.9 Å². The van der Waals surface area contributed by atoms with Crippen LogP contribution in [0.25, 0.3) is 0 Å². The number of pyridine rings is 1. The van der Waals surface area contributed by atoms with E-state index in [1.807, 2.05) is 18.2 Å². The highest BCUT2D eigenvalue weighted by atomic mass is 32.2. The van der Waals surface area contributed by atoms with Crippen LogP contribution in [0.1, 0.15) is 19.0 Å². The van der Waals surface area contributed by atoms with Crippen LogP contribution in [0.15, 0.2) is 29.4 Å². The van der Waals surface area contributed by atoms with Gasteiger partial charge in [-0.05, 0) is 18.6 Å². The Labute approximate surface area is 94.4 Å². The molecule has 2 rings (SSSR count). The molecule has 1 fully saturated rings. The lowest BCUT2D eigenvalue weighted by Crippen LogP contribution is -2.25. The average Bonchev–Trinajstić information content (AvgIpc) is 2.76. The van der Waals surface area contributed by atoms with Crippen LogP contribution in [0.3, 0.4) is 0 Å². The number of nitrogens with one attached hydrogen (secondary N) is 1. The molecule has 0 saturated carbocycles. The molecule has 0 amide bonds. The van der Waals surface area contributed by atoms with E-state index in [0.29, 0.717) is 12.6 Å². The molecule has 1 aliphatic rings. The maximum Gasteiger partial charge on any atom is 0.157 e. The Morgan fingerprint density at radius 1 is 1.60 bits per heavy atom. The minimum absolute atomic E-state index is 0.595. The quantitative estimate of drug-likeness (QED) is 0.849. The van der Waals surface area contributed by atoms with E-state index in [2.05, 4.69) is 22.2 Å². The number of hydrogen-bond donors (Lipinski definition) is 1. The third-order valence-corrected chi connectivity index (χ3v) is 3.44. The zero-order valence-corrected chi connectivity index (χ0v) is 9.63. The maximum atomic E-state index is 4.50. The summed E-state index contributed by atoms with van der Waals surface area (Å²) < 4.78 is 0. The number of thioether (sulfide) groups is 1. The van der Waals surface area contributed by atoms with Crippen molar-refractivity contribution < 1.29 is 0 Å². The van der Waals surface area contributed by atoms with E-state index in [4.69, 9.17) is 0 Å². The van der Waals surface area contributed by atoms with Crippen molar-refractivity contribution in [3.63, 3.8) is 0 Å². The Hall–Kier alpha value is -1.03. The third-order valence-electron chi connectivity index (χ3n) is 2.35. The lowest BCUT2D eigenvalue weighted by atomic mass is 10.3. The number of aromatic nitrogens is 1. The minimum Gasteiger partial charge on any atom is -0.361 e. The highest BCUT2D eigenvalue weighted by Gasteiger charge is 2.17. The molecule has 1 aromatic rings. The van der Waals surface area contributed by atoms with Crippen molar-refractivity contribution in [3.8, 4) is 0 Å². The van der Waals surface area contributed by atoms with Crippen molar-refractivity contribution in [3.05, 3.63) is 30.1 Å². The van der Waals surface area contributed by atoms with Gasteiger partial charge in [-0.15, -0.1) is 0 Å². The molecule has 3 nitrogen and oxygen atoms in total. The molecule has 1 aromatic heterocycles. The lowest BCUT2D eigenvalue weighted by Gasteiger charge is -2.04. The second-order valence-electron chi connectivity index (χ2n) is 3.50. The van der Waals surface area contributed by atoms with Crippen LogP contribution < -0.4 is 5.32 Å². The average molecular weight is 221 g/mol. The fourth-order valence-corrected chi connectivity index (χ4v) is 2.48. The summed E-state index contributed by atoms with van der Waals surface area (Å²) in [7, 11) is 0. The first-order valence-corrected chi connectivity index (χ1v) is 6.20. The molecule has 15 heavy (non-hydrogen) atoms. The highest BCUT2D eigenvalue weighted by molar-refractivity contribution is 8.14. The first kappa shape index (κ1) is 10.5. The van der Waals surface area contributed by atoms with Gasteiger partial charge in [-0.2, -0.15) is 0 Å². The van der Waals surface area contributed by atoms with Crippen molar-refractivity contribution in [1.29, 1.82) is 0 Å². The van der Waals surface area contributed by atoms with Gasteiger partial charge in [-0.25, -0.2) is 0 Å². The van der Waals surface area contributed by atoms with E-state index >= 15 is 0 Å². The van der Waals surface area contributed by atoms with Gasteiger partial charge in [0.1, 0.15) is 0 Å². The third kappa shape index (κ3) is 2.96. The Morgan fingerprint density at radius 3 is 3.20 bits per heavy atom. The van der Waals surface area contributed by atoms with Crippen LogP contribution in [0.4, 0.5) is 0 Å². The van der Waals surface area contributed by atoms with Crippen LogP contribution in [0, 0.1) is 0 Å². The molecule has 1 unspecified atom stereocenters. The number of amidine groups is 1. The Bertz CT molecular complexity index is 337. The van der Waals surface area contributed by atoms with E-state index in [-0.39, 0.29) is 0 Å². The van der Waals surface area contributed by atoms with E-state index in [9.17, 15) is 0 Å². The van der Waals surface area contributed by atoms with E-state index < -0.39 is 0 Å². The molecule has 1 aliphatic heterocycles. The van der Waals surface area contributed by atoms with Gasteiger partial charge in [-0.1, -0.05) is 24.8 Å². The minimum atomic E-state index is 0.595. The van der Waals surface area contributed by atoms with Gasteiger partial charge >= 0.3 is 0 Å². The van der Waals surface area contributed by atoms with Crippen LogP contribution in [-0.4, -0.2) is 21.9 Å². The van der Waals surface area contributed by atoms with Crippen molar-refractivity contribution in [2.75, 3.05) is 5.75 Å². The van der Waals surface area contributed by atoms with Gasteiger partial charge in [0.25, 0.3) is 0 Å². The summed E-state index contributed by atoms with van der Waals surface area (Å²) in [5.41, 5.74) is 1.02. The second kappa shape index (κ2) is 5.16. The van der Waals surface area contributed by atoms with Gasteiger partial charge in [0.2, 0.25) is 0 Å². The molecule has 0 bridgehead atoms. The summed E-state index contributed by atoms with van der Waals surface area (Å²) in [5.74, 6) is 1.14. The molecule has 0 spiro atoms. The second-order valence-corrected chi connectivity index (χ2v) is 4.51. The molecule has 1 saturated heterocycles. The van der Waals surface area contributed by atoms with E-state index in [1.54, 1.807) is 18.0 Å². The highest BCUT2D eigenvalue weighted by Crippen LogP contribution is 2.16. The van der Waals surface area contributed by atoms with Gasteiger partial charge in [0.15, 0.2) is 5.17 Å². The molecule has 0 radical (unpaired) electrons. The van der Waals surface area contributed by atoms with E-state index in [0.717, 1.165) is 23.0 Å². The summed E-state index contributed by atoms with van der Waals surface area (Å²) in [6.07, 6.45) is 2.97. The van der Waals surface area contributed by atoms with Crippen LogP contribution in [0.5, 0.6) is 0 Å². The van der Waals surface area contributed by atoms with Gasteiger partial charge in [-0.3, -0.25) is 9.98 Å². The predicted octanol–water partition coefficient (Wildman–Crippen LogP) is 2.05. The smallest absolute Gasteiger partial charge is 0.157 e. The molecule has 0 aliphatic carbocycles. The van der Waals surface area contributed by atoms with Crippen LogP contribution >= 0.6 is 11.8 Å². The topological polar surface area (TPSA) is 37.3 Å². The lowest BCUT2D eigenvalue weighted by molar-refractivity contribution is 0.666. The zero-order chi connectivity index (χ0) is 10.5. The first-order valence-electron chi connectivity index (χ1n) is 5.22. The van der Waals surface area contributed by atoms with Crippen molar-refractivity contribution in [1.82, 2.24) is 10.3 Å². The predicted molar refractivity (Wildman–Crippen MR) is 65.0 cm³/mol. The Balaban J connectivity index is 1.90. The number of nitrogens with zero attached hydrogens (tertiary/aromatic N) is 2. The largest absolute Gasteiger partial charge is 0.361 e. The summed E-state index contributed by atoms with van der Waals surface area (Å²) in [5, 5.41) is 4.46. The molecule has 0 aromatic carbocycles. The normalized spacial score (nSPS) is 23.0. The Kier molecular flexibility index (Phi) is 3.61. The Morgan fingerprint density at radius 2 is 2.53 bits per heavy atom. The van der Waals surface area contributed by atoms with Crippen LogP contribution in [-0.2, 0) is 6.54 Å². The fraction of sp³-hybridized carbons (Fsp3) is 0.455. The van der Waals surface area contributed by atoms with Crippen molar-refractivity contribution in [2.24, 2.45) is 4.99 Å². The van der Waals surface area contributed by atoms with E-state index in [1.165, 1.54) is 0 Å². The first-order chi connectivity index (χ1) is 7.38. The molecule has 1 N–H and O–H groups in total. The number of hydrogen-bond acceptors (Lipinski definition) is 3. The van der Waals surface area contributed by atoms with Gasteiger partial charge < -0.3 is 5.32 Å². The molecular weight excluding hydrogens is 206 g/mol. The molecular formula is C11H15N3S. The summed E-state index contributed by atoms with van der Waals surface area (Å²) in [6, 6.07) is 6.51. The maximum absolute atomic E-state index is 4.50. The van der Waals surface area contributed by atoms with Crippen LogP contribution in [0.2, 0.25) is 0 Å². The van der Waals surface area contributed by atoms with Crippen molar-refractivity contribution >= 4 is 16.9 Å². The molecule has 4 heteroatoms. The number of aliphatic imine (C=N–C) groups is 1. The molecule has 80 valence electrons. The SMILES string of the molecule is CCC1CSC(=NCc2ccccn2)N1. The monoisotopic (exact) mass is 221 g/mol. The summed E-state index contributed by atoms with van der Waals surface area (Å²) in [6.45, 7) is 2.87. The summed E-state index contributed by atoms with van der Waals surface area (Å²) in [4.78, 5) is 8.73.